The van der Waals surface area contributed by atoms with Crippen molar-refractivity contribution >= 4 is 13.3 Å². The number of hydrogen-bond acceptors (Lipinski definition) is 0. The highest BCUT2D eigenvalue weighted by Crippen LogP contribution is 2.29. The molecule has 0 fully saturated rings. The summed E-state index contributed by atoms with van der Waals surface area (Å²) in [6, 6.07) is 15.4. The highest BCUT2D eigenvalue weighted by Gasteiger charge is 2.24. The number of aryl methyl sites for hydroxylation is 5. The predicted molar refractivity (Wildman–Crippen MR) is 120 cm³/mol. The maximum atomic E-state index is 7.81. The van der Waals surface area contributed by atoms with Crippen molar-refractivity contribution < 1.29 is 8.68 Å². The lowest BCUT2D eigenvalue weighted by molar-refractivity contribution is -0.660. The first-order chi connectivity index (χ1) is 13.8. The number of aromatic nitrogens is 1. The van der Waals surface area contributed by atoms with Gasteiger partial charge in [0.1, 0.15) is 7.05 Å². The van der Waals surface area contributed by atoms with Gasteiger partial charge >= 0.3 is 0 Å². The Morgan fingerprint density at radius 3 is 2.07 bits per heavy atom. The quantitative estimate of drug-likeness (QED) is 0.412. The third kappa shape index (κ3) is 3.91. The van der Waals surface area contributed by atoms with Crippen molar-refractivity contribution in [3.05, 3.63) is 70.9 Å². The minimum Gasteiger partial charge on any atom is -0.201 e. The highest BCUT2D eigenvalue weighted by molar-refractivity contribution is 6.89. The molecule has 3 rings (SSSR count). The van der Waals surface area contributed by atoms with Crippen molar-refractivity contribution in [3.63, 3.8) is 0 Å². The standard InChI is InChI=1S/C25H32NSi/c1-17-9-11-21(12-10-17)23-15-22(19(3)14-25(23)27(6,7)8)24-13-18(2)20(4)16-26(24)5/h9-16H,1-8H3/q+1/i4D3. The summed E-state index contributed by atoms with van der Waals surface area (Å²) in [5.74, 6) is 0. The van der Waals surface area contributed by atoms with E-state index in [2.05, 4.69) is 69.9 Å². The average Bonchev–Trinajstić information content (AvgIpc) is 2.62. The zero-order valence-corrected chi connectivity index (χ0v) is 18.6. The molecule has 0 aliphatic heterocycles. The van der Waals surface area contributed by atoms with Gasteiger partial charge in [-0.2, -0.15) is 0 Å². The topological polar surface area (TPSA) is 3.88 Å². The van der Waals surface area contributed by atoms with Crippen LogP contribution in [-0.4, -0.2) is 8.07 Å². The predicted octanol–water partition coefficient (Wildman–Crippen LogP) is 5.62. The zero-order valence-electron chi connectivity index (χ0n) is 20.6. The lowest BCUT2D eigenvalue weighted by Gasteiger charge is -2.23. The van der Waals surface area contributed by atoms with Gasteiger partial charge in [-0.3, -0.25) is 0 Å². The van der Waals surface area contributed by atoms with Gasteiger partial charge in [-0.1, -0.05) is 60.7 Å². The smallest absolute Gasteiger partial charge is 0.201 e. The van der Waals surface area contributed by atoms with E-state index in [1.807, 2.05) is 24.6 Å². The molecule has 0 saturated heterocycles. The molecule has 0 saturated carbocycles. The summed E-state index contributed by atoms with van der Waals surface area (Å²) in [7, 11) is 0.363. The second-order valence-corrected chi connectivity index (χ2v) is 13.7. The van der Waals surface area contributed by atoms with E-state index in [9.17, 15) is 0 Å². The van der Waals surface area contributed by atoms with Crippen LogP contribution >= 0.6 is 0 Å². The second kappa shape index (κ2) is 7.08. The fourth-order valence-corrected chi connectivity index (χ4v) is 5.27. The first-order valence-corrected chi connectivity index (χ1v) is 13.0. The Kier molecular flexibility index (Phi) is 4.15. The van der Waals surface area contributed by atoms with Gasteiger partial charge in [0.2, 0.25) is 5.69 Å². The normalized spacial score (nSPS) is 13.8. The first-order valence-electron chi connectivity index (χ1n) is 11.0. The molecule has 1 nitrogen and oxygen atoms in total. The summed E-state index contributed by atoms with van der Waals surface area (Å²) < 4.78 is 25.4. The van der Waals surface area contributed by atoms with Crippen molar-refractivity contribution in [2.75, 3.05) is 0 Å². The van der Waals surface area contributed by atoms with E-state index in [0.29, 0.717) is 5.56 Å². The summed E-state index contributed by atoms with van der Waals surface area (Å²) in [5, 5.41) is 1.45. The molecule has 1 heterocycles. The highest BCUT2D eigenvalue weighted by atomic mass is 28.3. The molecule has 3 aromatic rings. The molecule has 0 radical (unpaired) electrons. The molecule has 0 atom stereocenters. The Hall–Kier alpha value is -2.19. The lowest BCUT2D eigenvalue weighted by atomic mass is 9.96. The Morgan fingerprint density at radius 1 is 0.815 bits per heavy atom. The van der Waals surface area contributed by atoms with Crippen LogP contribution in [0.3, 0.4) is 0 Å². The Bertz CT molecular complexity index is 1090. The van der Waals surface area contributed by atoms with Gasteiger partial charge in [0.25, 0.3) is 0 Å². The summed E-state index contributed by atoms with van der Waals surface area (Å²) >= 11 is 0. The van der Waals surface area contributed by atoms with Gasteiger partial charge in [-0.25, -0.2) is 4.57 Å². The van der Waals surface area contributed by atoms with Crippen LogP contribution < -0.4 is 9.75 Å². The van der Waals surface area contributed by atoms with Gasteiger partial charge < -0.3 is 0 Å². The van der Waals surface area contributed by atoms with Crippen molar-refractivity contribution in [2.24, 2.45) is 7.05 Å². The van der Waals surface area contributed by atoms with Crippen molar-refractivity contribution in [2.45, 2.75) is 47.3 Å². The third-order valence-electron chi connectivity index (χ3n) is 5.29. The third-order valence-corrected chi connectivity index (χ3v) is 7.32. The Morgan fingerprint density at radius 2 is 1.48 bits per heavy atom. The Labute approximate surface area is 169 Å². The van der Waals surface area contributed by atoms with Crippen LogP contribution in [-0.2, 0) is 7.05 Å². The van der Waals surface area contributed by atoms with Crippen LogP contribution in [0.15, 0.2) is 48.7 Å². The number of pyridine rings is 1. The summed E-state index contributed by atoms with van der Waals surface area (Å²) in [4.78, 5) is 0. The Balaban J connectivity index is 2.28. The van der Waals surface area contributed by atoms with E-state index in [-0.39, 0.29) is 0 Å². The van der Waals surface area contributed by atoms with E-state index in [0.717, 1.165) is 16.8 Å². The van der Waals surface area contributed by atoms with Crippen molar-refractivity contribution in [3.8, 4) is 22.4 Å². The molecule has 0 aliphatic carbocycles. The van der Waals surface area contributed by atoms with Gasteiger partial charge in [0.15, 0.2) is 6.20 Å². The van der Waals surface area contributed by atoms with E-state index in [1.165, 1.54) is 27.4 Å². The molecule has 2 aromatic carbocycles. The van der Waals surface area contributed by atoms with Crippen LogP contribution in [0, 0.1) is 27.6 Å². The van der Waals surface area contributed by atoms with E-state index >= 15 is 0 Å². The molecule has 0 amide bonds. The van der Waals surface area contributed by atoms with Crippen LogP contribution in [0.1, 0.15) is 26.4 Å². The molecule has 1 aromatic heterocycles. The minimum absolute atomic E-state index is 0.406. The molecular formula is C25H32NSi+. The van der Waals surface area contributed by atoms with E-state index in [4.69, 9.17) is 4.11 Å². The van der Waals surface area contributed by atoms with E-state index < -0.39 is 14.9 Å². The largest absolute Gasteiger partial charge is 0.212 e. The van der Waals surface area contributed by atoms with Gasteiger partial charge in [0, 0.05) is 21.3 Å². The fourth-order valence-electron chi connectivity index (χ4n) is 3.59. The molecule has 0 aliphatic rings. The average molecular weight is 378 g/mol. The van der Waals surface area contributed by atoms with E-state index in [1.54, 1.807) is 6.20 Å². The fraction of sp³-hybridized carbons (Fsp3) is 0.320. The summed E-state index contributed by atoms with van der Waals surface area (Å²) in [5.41, 5.74) is 8.38. The minimum atomic E-state index is -2.11. The number of benzene rings is 2. The maximum Gasteiger partial charge on any atom is 0.212 e. The lowest BCUT2D eigenvalue weighted by Crippen LogP contribution is -2.39. The van der Waals surface area contributed by atoms with Gasteiger partial charge in [-0.05, 0) is 55.9 Å². The van der Waals surface area contributed by atoms with Crippen molar-refractivity contribution in [1.29, 1.82) is 0 Å². The molecule has 0 spiro atoms. The zero-order chi connectivity index (χ0) is 22.4. The molecule has 140 valence electrons. The second-order valence-electron chi connectivity index (χ2n) is 8.70. The van der Waals surface area contributed by atoms with Crippen LogP contribution in [0.4, 0.5) is 0 Å². The number of rotatable bonds is 3. The molecule has 27 heavy (non-hydrogen) atoms. The first kappa shape index (κ1) is 15.8. The number of hydrogen-bond donors (Lipinski definition) is 0. The molecular weight excluding hydrogens is 342 g/mol. The van der Waals surface area contributed by atoms with Crippen molar-refractivity contribution in [1.82, 2.24) is 0 Å². The maximum absolute atomic E-state index is 7.81. The van der Waals surface area contributed by atoms with Crippen LogP contribution in [0.2, 0.25) is 19.6 Å². The molecule has 0 bridgehead atoms. The summed E-state index contributed by atoms with van der Waals surface area (Å²) in [6.07, 6.45) is 1.76. The molecule has 2 heteroatoms. The van der Waals surface area contributed by atoms with Crippen LogP contribution in [0.25, 0.3) is 22.4 Å². The SMILES string of the molecule is [2H]C([2H])([2H])c1c[n+](C)c(-c2cc(-c3ccc(C)cc3)c([Si](C)(C)C)cc2C)cc1C. The van der Waals surface area contributed by atoms with Gasteiger partial charge in [-0.15, -0.1) is 0 Å². The summed E-state index contributed by atoms with van der Waals surface area (Å²) in [6.45, 7) is 11.2. The van der Waals surface area contributed by atoms with Gasteiger partial charge in [0.05, 0.1) is 8.07 Å². The number of nitrogens with zero attached hydrogens (tertiary/aromatic N) is 1. The monoisotopic (exact) mass is 377 g/mol. The molecule has 0 N–H and O–H groups in total. The van der Waals surface area contributed by atoms with Crippen LogP contribution in [0.5, 0.6) is 0 Å². The molecule has 0 unspecified atom stereocenters.